The average Bonchev–Trinajstić information content (AvgIpc) is 2.98. The van der Waals surface area contributed by atoms with E-state index in [9.17, 15) is 9.90 Å². The van der Waals surface area contributed by atoms with Crippen LogP contribution >= 0.6 is 11.3 Å². The van der Waals surface area contributed by atoms with Crippen molar-refractivity contribution in [3.05, 3.63) is 58.6 Å². The SMILES string of the molecule is O=C(NN1CCc2ccc(O)cc2C1)c1nc2ccccc2s1. The predicted octanol–water partition coefficient (Wildman–Crippen LogP) is 2.71. The van der Waals surface area contributed by atoms with Gasteiger partial charge in [0.05, 0.1) is 10.2 Å². The summed E-state index contributed by atoms with van der Waals surface area (Å²) in [4.78, 5) is 16.8. The third kappa shape index (κ3) is 2.78. The highest BCUT2D eigenvalue weighted by Gasteiger charge is 2.20. The summed E-state index contributed by atoms with van der Waals surface area (Å²) in [6.45, 7) is 1.33. The second-order valence-electron chi connectivity index (χ2n) is 5.55. The van der Waals surface area contributed by atoms with Crippen LogP contribution in [0.5, 0.6) is 5.75 Å². The van der Waals surface area contributed by atoms with Gasteiger partial charge in [0.1, 0.15) is 5.75 Å². The molecule has 116 valence electrons. The highest BCUT2D eigenvalue weighted by molar-refractivity contribution is 7.20. The maximum atomic E-state index is 12.4. The van der Waals surface area contributed by atoms with Gasteiger partial charge in [-0.05, 0) is 41.8 Å². The number of hydrazine groups is 1. The summed E-state index contributed by atoms with van der Waals surface area (Å²) in [5.41, 5.74) is 6.02. The monoisotopic (exact) mass is 325 g/mol. The van der Waals surface area contributed by atoms with Gasteiger partial charge >= 0.3 is 0 Å². The van der Waals surface area contributed by atoms with Crippen LogP contribution in [-0.4, -0.2) is 27.6 Å². The maximum Gasteiger partial charge on any atom is 0.294 e. The van der Waals surface area contributed by atoms with E-state index in [1.807, 2.05) is 35.3 Å². The van der Waals surface area contributed by atoms with Gasteiger partial charge in [-0.2, -0.15) is 0 Å². The number of thiazole rings is 1. The van der Waals surface area contributed by atoms with Crippen LogP contribution in [0.1, 0.15) is 20.9 Å². The number of aromatic nitrogens is 1. The smallest absolute Gasteiger partial charge is 0.294 e. The molecule has 0 aliphatic carbocycles. The molecule has 1 aliphatic rings. The molecular formula is C17H15N3O2S. The molecule has 0 fully saturated rings. The minimum absolute atomic E-state index is 0.185. The zero-order chi connectivity index (χ0) is 15.8. The van der Waals surface area contributed by atoms with Crippen molar-refractivity contribution in [3.63, 3.8) is 0 Å². The fourth-order valence-electron chi connectivity index (χ4n) is 2.80. The number of rotatable bonds is 2. The molecular weight excluding hydrogens is 310 g/mol. The topological polar surface area (TPSA) is 65.5 Å². The van der Waals surface area contributed by atoms with Gasteiger partial charge in [-0.15, -0.1) is 11.3 Å². The van der Waals surface area contributed by atoms with Crippen LogP contribution in [-0.2, 0) is 13.0 Å². The van der Waals surface area contributed by atoms with Crippen molar-refractivity contribution in [3.8, 4) is 5.75 Å². The summed E-state index contributed by atoms with van der Waals surface area (Å²) >= 11 is 1.39. The van der Waals surface area contributed by atoms with E-state index < -0.39 is 0 Å². The number of carbonyl (C=O) groups is 1. The van der Waals surface area contributed by atoms with Crippen LogP contribution in [0.15, 0.2) is 42.5 Å². The van der Waals surface area contributed by atoms with Crippen LogP contribution in [0.25, 0.3) is 10.2 Å². The zero-order valence-electron chi connectivity index (χ0n) is 12.3. The molecule has 0 radical (unpaired) electrons. The van der Waals surface area contributed by atoms with E-state index in [1.165, 1.54) is 16.9 Å². The van der Waals surface area contributed by atoms with Crippen LogP contribution in [0.3, 0.4) is 0 Å². The molecule has 0 unspecified atom stereocenters. The molecule has 0 saturated heterocycles. The van der Waals surface area contributed by atoms with Crippen molar-refractivity contribution in [1.82, 2.24) is 15.4 Å². The number of hydrogen-bond acceptors (Lipinski definition) is 5. The number of phenolic OH excluding ortho intramolecular Hbond substituents is 1. The van der Waals surface area contributed by atoms with Gasteiger partial charge in [0.25, 0.3) is 5.91 Å². The van der Waals surface area contributed by atoms with Crippen LogP contribution in [0.2, 0.25) is 0 Å². The van der Waals surface area contributed by atoms with E-state index in [2.05, 4.69) is 10.4 Å². The van der Waals surface area contributed by atoms with Crippen molar-refractivity contribution >= 4 is 27.5 Å². The summed E-state index contributed by atoms with van der Waals surface area (Å²) in [5, 5.41) is 11.9. The van der Waals surface area contributed by atoms with Gasteiger partial charge < -0.3 is 5.11 Å². The molecule has 3 aromatic rings. The lowest BCUT2D eigenvalue weighted by Gasteiger charge is -2.28. The molecule has 23 heavy (non-hydrogen) atoms. The largest absolute Gasteiger partial charge is 0.508 e. The number of nitrogens with zero attached hydrogens (tertiary/aromatic N) is 2. The van der Waals surface area contributed by atoms with Gasteiger partial charge in [0.2, 0.25) is 0 Å². The highest BCUT2D eigenvalue weighted by Crippen LogP contribution is 2.24. The van der Waals surface area contributed by atoms with Crippen molar-refractivity contribution in [2.75, 3.05) is 6.54 Å². The van der Waals surface area contributed by atoms with E-state index >= 15 is 0 Å². The van der Waals surface area contributed by atoms with Gasteiger partial charge in [-0.1, -0.05) is 18.2 Å². The maximum absolute atomic E-state index is 12.4. The van der Waals surface area contributed by atoms with Gasteiger partial charge in [0, 0.05) is 13.1 Å². The van der Waals surface area contributed by atoms with Crippen LogP contribution in [0, 0.1) is 0 Å². The first kappa shape index (κ1) is 14.2. The summed E-state index contributed by atoms with van der Waals surface area (Å²) in [5.74, 6) is 0.0675. The predicted molar refractivity (Wildman–Crippen MR) is 89.3 cm³/mol. The van der Waals surface area contributed by atoms with E-state index in [1.54, 1.807) is 12.1 Å². The summed E-state index contributed by atoms with van der Waals surface area (Å²) in [7, 11) is 0. The molecule has 0 spiro atoms. The Labute approximate surface area is 137 Å². The van der Waals surface area contributed by atoms with E-state index in [-0.39, 0.29) is 11.7 Å². The summed E-state index contributed by atoms with van der Waals surface area (Å²) in [6, 6.07) is 13.1. The van der Waals surface area contributed by atoms with E-state index in [0.29, 0.717) is 11.6 Å². The molecule has 0 atom stereocenters. The Kier molecular flexibility index (Phi) is 3.48. The van der Waals surface area contributed by atoms with E-state index in [4.69, 9.17) is 0 Å². The molecule has 0 bridgehead atoms. The molecule has 6 heteroatoms. The normalized spacial score (nSPS) is 14.6. The number of amides is 1. The third-order valence-corrected chi connectivity index (χ3v) is 4.99. The average molecular weight is 325 g/mol. The van der Waals surface area contributed by atoms with Crippen molar-refractivity contribution in [2.45, 2.75) is 13.0 Å². The Hall–Kier alpha value is -2.44. The zero-order valence-corrected chi connectivity index (χ0v) is 13.1. The first-order valence-electron chi connectivity index (χ1n) is 7.41. The lowest BCUT2D eigenvalue weighted by molar-refractivity contribution is 0.0763. The molecule has 2 heterocycles. The number of fused-ring (bicyclic) bond motifs is 2. The minimum Gasteiger partial charge on any atom is -0.508 e. The number of para-hydroxylation sites is 1. The molecule has 1 aromatic heterocycles. The Morgan fingerprint density at radius 3 is 2.96 bits per heavy atom. The van der Waals surface area contributed by atoms with Crippen LogP contribution < -0.4 is 5.43 Å². The lowest BCUT2D eigenvalue weighted by atomic mass is 10.0. The third-order valence-electron chi connectivity index (χ3n) is 3.95. The molecule has 2 aromatic carbocycles. The molecule has 5 nitrogen and oxygen atoms in total. The molecule has 4 rings (SSSR count). The number of aromatic hydroxyl groups is 1. The summed E-state index contributed by atoms with van der Waals surface area (Å²) < 4.78 is 1.01. The van der Waals surface area contributed by atoms with Crippen molar-refractivity contribution < 1.29 is 9.90 Å². The lowest BCUT2D eigenvalue weighted by Crippen LogP contribution is -2.44. The van der Waals surface area contributed by atoms with Gasteiger partial charge in [-0.25, -0.2) is 9.99 Å². The number of phenols is 1. The van der Waals surface area contributed by atoms with Crippen LogP contribution in [0.4, 0.5) is 0 Å². The highest BCUT2D eigenvalue weighted by atomic mass is 32.1. The van der Waals surface area contributed by atoms with Crippen molar-refractivity contribution in [2.24, 2.45) is 0 Å². The molecule has 2 N–H and O–H groups in total. The number of carbonyl (C=O) groups excluding carboxylic acids is 1. The Balaban J connectivity index is 1.51. The minimum atomic E-state index is -0.185. The molecule has 1 amide bonds. The fraction of sp³-hybridized carbons (Fsp3) is 0.176. The quantitative estimate of drug-likeness (QED) is 0.760. The first-order chi connectivity index (χ1) is 11.2. The van der Waals surface area contributed by atoms with Gasteiger partial charge in [0.15, 0.2) is 5.01 Å². The van der Waals surface area contributed by atoms with Gasteiger partial charge in [-0.3, -0.25) is 10.2 Å². The Bertz CT molecular complexity index is 857. The number of nitrogens with one attached hydrogen (secondary N) is 1. The molecule has 0 saturated carbocycles. The summed E-state index contributed by atoms with van der Waals surface area (Å²) in [6.07, 6.45) is 0.843. The standard InChI is InChI=1S/C17H15N3O2S/c21-13-6-5-11-7-8-20(10-12(11)9-13)19-16(22)17-18-14-3-1-2-4-15(14)23-17/h1-6,9,21H,7-8,10H2,(H,19,22). The number of benzene rings is 2. The molecule has 1 aliphatic heterocycles. The Morgan fingerprint density at radius 2 is 2.09 bits per heavy atom. The first-order valence-corrected chi connectivity index (χ1v) is 8.23. The fourth-order valence-corrected chi connectivity index (χ4v) is 3.66. The Morgan fingerprint density at radius 1 is 1.22 bits per heavy atom. The van der Waals surface area contributed by atoms with Crippen molar-refractivity contribution in [1.29, 1.82) is 0 Å². The second-order valence-corrected chi connectivity index (χ2v) is 6.58. The van der Waals surface area contributed by atoms with E-state index in [0.717, 1.165) is 28.7 Å². The second kappa shape index (κ2) is 5.64. The number of hydrogen-bond donors (Lipinski definition) is 2.